The molecule has 0 aliphatic carbocycles. The van der Waals surface area contributed by atoms with Gasteiger partial charge in [0, 0.05) is 0 Å². The summed E-state index contributed by atoms with van der Waals surface area (Å²) in [5, 5.41) is 13.0. The summed E-state index contributed by atoms with van der Waals surface area (Å²) >= 11 is 0. The number of carbonyl (C=O) groups is 2. The average Bonchev–Trinajstić information content (AvgIpc) is 2.96. The Balaban J connectivity index is 1.70. The summed E-state index contributed by atoms with van der Waals surface area (Å²) in [6, 6.07) is 27.0. The molecule has 0 aliphatic rings. The molecule has 0 aromatic heterocycles. The number of benzene rings is 4. The predicted octanol–water partition coefficient (Wildman–Crippen LogP) is 4.28. The Morgan fingerprint density at radius 1 is 0.732 bits per heavy atom. The van der Waals surface area contributed by atoms with Crippen LogP contribution in [0.5, 0.6) is 0 Å². The number of nitrogens with zero attached hydrogens (tertiary/aromatic N) is 1. The molecule has 0 unspecified atom stereocenters. The molecule has 0 saturated heterocycles. The van der Waals surface area contributed by atoms with Crippen LogP contribution in [0, 0.1) is 20.8 Å². The predicted molar refractivity (Wildman–Crippen MR) is 158 cm³/mol. The van der Waals surface area contributed by atoms with Crippen molar-refractivity contribution in [2.45, 2.75) is 44.2 Å². The third kappa shape index (κ3) is 6.54. The molecule has 4 rings (SSSR count). The van der Waals surface area contributed by atoms with Crippen molar-refractivity contribution in [1.29, 1.82) is 0 Å². The zero-order chi connectivity index (χ0) is 29.8. The molecule has 0 bridgehead atoms. The number of anilines is 1. The van der Waals surface area contributed by atoms with Gasteiger partial charge in [0.25, 0.3) is 11.8 Å². The summed E-state index contributed by atoms with van der Waals surface area (Å²) < 4.78 is 28.4. The number of para-hydroxylation sites is 1. The normalized spacial score (nSPS) is 12.4. The van der Waals surface area contributed by atoms with E-state index in [9.17, 15) is 23.1 Å². The van der Waals surface area contributed by atoms with Gasteiger partial charge < -0.3 is 5.11 Å². The Hall–Kier alpha value is -4.31. The minimum Gasteiger partial charge on any atom is -0.372 e. The van der Waals surface area contributed by atoms with Crippen LogP contribution in [-0.4, -0.2) is 31.4 Å². The van der Waals surface area contributed by atoms with Crippen LogP contribution in [0.3, 0.4) is 0 Å². The fourth-order valence-electron chi connectivity index (χ4n) is 4.29. The van der Waals surface area contributed by atoms with E-state index in [0.717, 1.165) is 21.7 Å². The maximum Gasteiger partial charge on any atom is 0.280 e. The van der Waals surface area contributed by atoms with Gasteiger partial charge in [-0.3, -0.25) is 15.0 Å². The number of rotatable bonds is 8. The number of aliphatic hydroxyl groups is 1. The molecule has 0 radical (unpaired) electrons. The third-order valence-corrected chi connectivity index (χ3v) is 8.31. The van der Waals surface area contributed by atoms with Gasteiger partial charge in [0.05, 0.1) is 10.6 Å². The maximum absolute atomic E-state index is 14.0. The van der Waals surface area contributed by atoms with Crippen LogP contribution in [0.4, 0.5) is 5.69 Å². The zero-order valence-electron chi connectivity index (χ0n) is 23.3. The second-order valence-electron chi connectivity index (χ2n) is 10.0. The Labute approximate surface area is 240 Å². The van der Waals surface area contributed by atoms with Gasteiger partial charge in [0.2, 0.25) is 10.0 Å². The number of hydrogen-bond donors (Lipinski definition) is 3. The lowest BCUT2D eigenvalue weighted by atomic mass is 9.85. The van der Waals surface area contributed by atoms with Crippen LogP contribution in [0.25, 0.3) is 0 Å². The molecule has 0 fully saturated rings. The first-order valence-corrected chi connectivity index (χ1v) is 14.6. The van der Waals surface area contributed by atoms with Crippen molar-refractivity contribution in [3.8, 4) is 0 Å². The van der Waals surface area contributed by atoms with Crippen LogP contribution < -0.4 is 15.2 Å². The van der Waals surface area contributed by atoms with E-state index in [4.69, 9.17) is 0 Å². The van der Waals surface area contributed by atoms with E-state index in [1.54, 1.807) is 91.0 Å². The summed E-state index contributed by atoms with van der Waals surface area (Å²) in [5.74, 6) is -1.65. The molecule has 2 amide bonds. The second-order valence-corrected chi connectivity index (χ2v) is 11.8. The van der Waals surface area contributed by atoms with Crippen LogP contribution >= 0.6 is 0 Å². The molecule has 212 valence electrons. The van der Waals surface area contributed by atoms with Crippen molar-refractivity contribution in [2.24, 2.45) is 0 Å². The van der Waals surface area contributed by atoms with Gasteiger partial charge in [-0.15, -0.1) is 0 Å². The average molecular weight is 572 g/mol. The Morgan fingerprint density at radius 3 is 1.63 bits per heavy atom. The number of aryl methyl sites for hydroxylation is 3. The first-order valence-electron chi connectivity index (χ1n) is 13.1. The molecule has 0 spiro atoms. The minimum atomic E-state index is -4.05. The topological polar surface area (TPSA) is 116 Å². The van der Waals surface area contributed by atoms with E-state index in [1.165, 1.54) is 19.1 Å². The minimum absolute atomic E-state index is 0.00571. The second kappa shape index (κ2) is 12.1. The number of amides is 2. The molecule has 0 heterocycles. The highest BCUT2D eigenvalue weighted by atomic mass is 32.2. The Morgan fingerprint density at radius 2 is 1.17 bits per heavy atom. The van der Waals surface area contributed by atoms with Crippen LogP contribution in [0.15, 0.2) is 108 Å². The van der Waals surface area contributed by atoms with Crippen molar-refractivity contribution in [3.63, 3.8) is 0 Å². The van der Waals surface area contributed by atoms with Crippen molar-refractivity contribution < 1.29 is 23.1 Å². The number of carbonyl (C=O) groups excluding carboxylic acids is 2. The van der Waals surface area contributed by atoms with Crippen molar-refractivity contribution in [2.75, 3.05) is 5.01 Å². The molecular weight excluding hydrogens is 538 g/mol. The molecule has 8 nitrogen and oxygen atoms in total. The van der Waals surface area contributed by atoms with E-state index in [1.807, 2.05) is 20.8 Å². The third-order valence-electron chi connectivity index (χ3n) is 6.75. The molecule has 3 N–H and O–H groups in total. The van der Waals surface area contributed by atoms with Crippen molar-refractivity contribution in [3.05, 3.63) is 131 Å². The molecule has 0 aliphatic heterocycles. The molecular formula is C32H33N3O5S. The van der Waals surface area contributed by atoms with Gasteiger partial charge in [-0.25, -0.2) is 13.4 Å². The number of sulfonamides is 1. The smallest absolute Gasteiger partial charge is 0.280 e. The van der Waals surface area contributed by atoms with E-state index in [2.05, 4.69) is 10.1 Å². The zero-order valence-corrected chi connectivity index (χ0v) is 24.1. The van der Waals surface area contributed by atoms with Crippen molar-refractivity contribution in [1.82, 2.24) is 10.1 Å². The van der Waals surface area contributed by atoms with Gasteiger partial charge in [0.15, 0.2) is 5.60 Å². The molecule has 4 aromatic carbocycles. The van der Waals surface area contributed by atoms with E-state index < -0.39 is 33.5 Å². The molecule has 9 heteroatoms. The number of hydrogen-bond acceptors (Lipinski definition) is 5. The van der Waals surface area contributed by atoms with Crippen molar-refractivity contribution >= 4 is 27.5 Å². The molecule has 1 atom stereocenters. The first kappa shape index (κ1) is 29.7. The largest absolute Gasteiger partial charge is 0.372 e. The lowest BCUT2D eigenvalue weighted by molar-refractivity contribution is -0.138. The fourth-order valence-corrected chi connectivity index (χ4v) is 5.48. The summed E-state index contributed by atoms with van der Waals surface area (Å²) in [4.78, 5) is 27.7. The summed E-state index contributed by atoms with van der Waals surface area (Å²) in [7, 11) is -4.05. The highest BCUT2D eigenvalue weighted by Crippen LogP contribution is 2.31. The van der Waals surface area contributed by atoms with E-state index in [0.29, 0.717) is 11.1 Å². The van der Waals surface area contributed by atoms with E-state index >= 15 is 0 Å². The monoisotopic (exact) mass is 571 g/mol. The van der Waals surface area contributed by atoms with Crippen LogP contribution in [0.1, 0.15) is 34.7 Å². The van der Waals surface area contributed by atoms with Gasteiger partial charge >= 0.3 is 0 Å². The first-order chi connectivity index (χ1) is 19.4. The van der Waals surface area contributed by atoms with E-state index in [-0.39, 0.29) is 10.6 Å². The fraction of sp³-hybridized carbons (Fsp3) is 0.188. The standard InChI is InChI=1S/C32H33N3O5S/c1-22-10-16-26(17-11-22)32(38,27-18-12-23(2)13-19-27)31(37)33-35(28-8-6-5-7-9-28)30(36)25(4)34-41(39,40)29-20-14-24(3)15-21-29/h5-21,25,34,38H,1-4H3,(H,33,37)/t25-/m1/s1. The number of nitrogens with one attached hydrogen (secondary N) is 2. The summed E-state index contributed by atoms with van der Waals surface area (Å²) in [6.45, 7) is 7.01. The summed E-state index contributed by atoms with van der Waals surface area (Å²) in [5.41, 5.74) is 4.07. The Bertz CT molecular complexity index is 1570. The SMILES string of the molecule is Cc1ccc(C(O)(C(=O)NN(C(=O)[C@@H](C)NS(=O)(=O)c2ccc(C)cc2)c2ccccc2)c2ccc(C)cc2)cc1. The van der Waals surface area contributed by atoms with Gasteiger partial charge in [0.1, 0.15) is 6.04 Å². The lowest BCUT2D eigenvalue weighted by Gasteiger charge is -2.33. The number of hydrazine groups is 1. The molecule has 4 aromatic rings. The maximum atomic E-state index is 14.0. The highest BCUT2D eigenvalue weighted by Gasteiger charge is 2.42. The molecule has 0 saturated carbocycles. The summed E-state index contributed by atoms with van der Waals surface area (Å²) in [6.07, 6.45) is 0. The van der Waals surface area contributed by atoms with Gasteiger partial charge in [-0.2, -0.15) is 4.72 Å². The highest BCUT2D eigenvalue weighted by molar-refractivity contribution is 7.89. The van der Waals surface area contributed by atoms with Gasteiger partial charge in [-0.05, 0) is 63.1 Å². The molecule has 41 heavy (non-hydrogen) atoms. The van der Waals surface area contributed by atoms with Gasteiger partial charge in [-0.1, -0.05) is 95.6 Å². The van der Waals surface area contributed by atoms with Crippen LogP contribution in [0.2, 0.25) is 0 Å². The quantitative estimate of drug-likeness (QED) is 0.273. The van der Waals surface area contributed by atoms with Crippen LogP contribution in [-0.2, 0) is 25.2 Å². The lowest BCUT2D eigenvalue weighted by Crippen LogP contribution is -2.58. The Kier molecular flexibility index (Phi) is 8.72.